The van der Waals surface area contributed by atoms with Gasteiger partial charge in [0.25, 0.3) is 5.91 Å². The summed E-state index contributed by atoms with van der Waals surface area (Å²) in [4.78, 5) is 16.4. The van der Waals surface area contributed by atoms with Gasteiger partial charge in [-0.25, -0.2) is 13.9 Å². The van der Waals surface area contributed by atoms with Crippen LogP contribution in [0.2, 0.25) is 0 Å². The van der Waals surface area contributed by atoms with Gasteiger partial charge in [-0.3, -0.25) is 4.79 Å². The van der Waals surface area contributed by atoms with Gasteiger partial charge in [-0.05, 0) is 31.2 Å². The second kappa shape index (κ2) is 6.84. The number of nitrogens with zero attached hydrogens (tertiary/aromatic N) is 3. The molecular weight excluding hydrogens is 351 g/mol. The van der Waals surface area contributed by atoms with Gasteiger partial charge >= 0.3 is 0 Å². The minimum Gasteiger partial charge on any atom is -0.479 e. The van der Waals surface area contributed by atoms with Crippen LogP contribution in [0.1, 0.15) is 24.1 Å². The fourth-order valence-electron chi connectivity index (χ4n) is 3.08. The standard InChI is InChI=1S/C18H19FN6O2/c1-10-13-6-12(19)2-3-14(13)27-15(17(20)26)9-21-7-11-8-22-25-5-4-16(23-10)24-18(11)25/h2-6,8,10,15,21H,7,9H2,1H3,(H2,20,26)(H,23,24). The molecule has 1 aromatic carbocycles. The van der Waals surface area contributed by atoms with Gasteiger partial charge < -0.3 is 21.1 Å². The highest BCUT2D eigenvalue weighted by Crippen LogP contribution is 2.29. The zero-order chi connectivity index (χ0) is 19.0. The summed E-state index contributed by atoms with van der Waals surface area (Å²) < 4.78 is 21.3. The predicted octanol–water partition coefficient (Wildman–Crippen LogP) is 1.38. The number of hydrogen-bond donors (Lipinski definition) is 3. The second-order valence-electron chi connectivity index (χ2n) is 6.44. The Morgan fingerprint density at radius 3 is 3.07 bits per heavy atom. The van der Waals surface area contributed by atoms with Gasteiger partial charge in [0.1, 0.15) is 17.4 Å². The summed E-state index contributed by atoms with van der Waals surface area (Å²) in [6.07, 6.45) is 2.62. The van der Waals surface area contributed by atoms with Crippen molar-refractivity contribution in [1.82, 2.24) is 19.9 Å². The predicted molar refractivity (Wildman–Crippen MR) is 96.7 cm³/mol. The van der Waals surface area contributed by atoms with Crippen LogP contribution in [0.5, 0.6) is 5.75 Å². The lowest BCUT2D eigenvalue weighted by atomic mass is 10.1. The van der Waals surface area contributed by atoms with Crippen LogP contribution in [0, 0.1) is 5.82 Å². The fourth-order valence-corrected chi connectivity index (χ4v) is 3.08. The zero-order valence-electron chi connectivity index (χ0n) is 14.6. The van der Waals surface area contributed by atoms with Crippen molar-refractivity contribution in [2.45, 2.75) is 25.6 Å². The van der Waals surface area contributed by atoms with E-state index in [1.165, 1.54) is 18.2 Å². The molecule has 0 saturated heterocycles. The Morgan fingerprint density at radius 1 is 1.41 bits per heavy atom. The van der Waals surface area contributed by atoms with Crippen LogP contribution < -0.4 is 21.1 Å². The number of ether oxygens (including phenoxy) is 1. The summed E-state index contributed by atoms with van der Waals surface area (Å²) in [7, 11) is 0. The SMILES string of the molecule is CC1Nc2ccn3ncc(c3n2)CNCC(C(N)=O)Oc2ccc(F)cc21. The van der Waals surface area contributed by atoms with Crippen LogP contribution >= 0.6 is 0 Å². The molecule has 1 aliphatic heterocycles. The van der Waals surface area contributed by atoms with Gasteiger partial charge in [0.2, 0.25) is 0 Å². The molecule has 8 nitrogen and oxygen atoms in total. The number of rotatable bonds is 1. The van der Waals surface area contributed by atoms with E-state index in [9.17, 15) is 9.18 Å². The van der Waals surface area contributed by atoms with Crippen molar-refractivity contribution < 1.29 is 13.9 Å². The maximum atomic E-state index is 13.9. The van der Waals surface area contributed by atoms with Crippen LogP contribution in [0.15, 0.2) is 36.7 Å². The molecule has 2 bridgehead atoms. The molecule has 0 fully saturated rings. The van der Waals surface area contributed by atoms with Crippen molar-refractivity contribution in [2.75, 3.05) is 11.9 Å². The number of anilines is 1. The maximum absolute atomic E-state index is 13.9. The lowest BCUT2D eigenvalue weighted by Crippen LogP contribution is -2.42. The van der Waals surface area contributed by atoms with Crippen LogP contribution in [-0.2, 0) is 11.3 Å². The lowest BCUT2D eigenvalue weighted by Gasteiger charge is -2.22. The molecular formula is C18H19FN6O2. The van der Waals surface area contributed by atoms with E-state index in [1.54, 1.807) is 23.0 Å². The first-order valence-electron chi connectivity index (χ1n) is 8.57. The van der Waals surface area contributed by atoms with Crippen molar-refractivity contribution in [3.05, 3.63) is 53.6 Å². The largest absolute Gasteiger partial charge is 0.479 e. The highest BCUT2D eigenvalue weighted by Gasteiger charge is 2.22. The van der Waals surface area contributed by atoms with E-state index in [4.69, 9.17) is 10.5 Å². The van der Waals surface area contributed by atoms with Gasteiger partial charge in [0.05, 0.1) is 12.2 Å². The van der Waals surface area contributed by atoms with Crippen molar-refractivity contribution in [2.24, 2.45) is 5.73 Å². The summed E-state index contributed by atoms with van der Waals surface area (Å²) in [5, 5.41) is 10.7. The Bertz CT molecular complexity index is 1000. The summed E-state index contributed by atoms with van der Waals surface area (Å²) in [6, 6.07) is 5.64. The van der Waals surface area contributed by atoms with Gasteiger partial charge in [-0.1, -0.05) is 0 Å². The van der Waals surface area contributed by atoms with E-state index in [0.717, 1.165) is 5.56 Å². The third-order valence-electron chi connectivity index (χ3n) is 4.48. The van der Waals surface area contributed by atoms with Gasteiger partial charge in [-0.15, -0.1) is 0 Å². The number of nitrogens with one attached hydrogen (secondary N) is 2. The average Bonchev–Trinajstić information content (AvgIpc) is 3.03. The number of carbonyl (C=O) groups is 1. The number of nitrogens with two attached hydrogens (primary N) is 1. The lowest BCUT2D eigenvalue weighted by molar-refractivity contribution is -0.124. The number of halogens is 1. The second-order valence-corrected chi connectivity index (χ2v) is 6.44. The van der Waals surface area contributed by atoms with Crippen LogP contribution in [0.3, 0.4) is 0 Å². The molecule has 1 amide bonds. The molecule has 3 aromatic rings. The number of benzene rings is 1. The highest BCUT2D eigenvalue weighted by molar-refractivity contribution is 5.79. The van der Waals surface area contributed by atoms with Gasteiger partial charge in [0, 0.05) is 30.4 Å². The number of amides is 1. The van der Waals surface area contributed by atoms with Crippen molar-refractivity contribution in [3.63, 3.8) is 0 Å². The molecule has 2 unspecified atom stereocenters. The van der Waals surface area contributed by atoms with E-state index >= 15 is 0 Å². The summed E-state index contributed by atoms with van der Waals surface area (Å²) in [6.45, 7) is 2.51. The topological polar surface area (TPSA) is 107 Å². The van der Waals surface area contributed by atoms with Gasteiger partial charge in [-0.2, -0.15) is 5.10 Å². The number of aromatic nitrogens is 3. The van der Waals surface area contributed by atoms with E-state index in [0.29, 0.717) is 29.3 Å². The monoisotopic (exact) mass is 370 g/mol. The zero-order valence-corrected chi connectivity index (χ0v) is 14.6. The van der Waals surface area contributed by atoms with E-state index in [1.807, 2.05) is 6.92 Å². The molecule has 1 aliphatic rings. The summed E-state index contributed by atoms with van der Waals surface area (Å²) in [5.74, 6) is 0.0145. The first kappa shape index (κ1) is 17.2. The highest BCUT2D eigenvalue weighted by atomic mass is 19.1. The van der Waals surface area contributed by atoms with Gasteiger partial charge in [0.15, 0.2) is 11.8 Å². The molecule has 2 atom stereocenters. The third kappa shape index (κ3) is 3.41. The maximum Gasteiger partial charge on any atom is 0.259 e. The number of carbonyl (C=O) groups excluding carboxylic acids is 1. The third-order valence-corrected chi connectivity index (χ3v) is 4.48. The van der Waals surface area contributed by atoms with Crippen LogP contribution in [0.4, 0.5) is 10.2 Å². The summed E-state index contributed by atoms with van der Waals surface area (Å²) >= 11 is 0. The van der Waals surface area contributed by atoms with Crippen LogP contribution in [-0.4, -0.2) is 33.2 Å². The molecule has 0 saturated carbocycles. The molecule has 27 heavy (non-hydrogen) atoms. The Morgan fingerprint density at radius 2 is 2.26 bits per heavy atom. The minimum absolute atomic E-state index is 0.199. The molecule has 4 rings (SSSR count). The van der Waals surface area contributed by atoms with Crippen molar-refractivity contribution >= 4 is 17.4 Å². The molecule has 9 heteroatoms. The van der Waals surface area contributed by atoms with E-state index in [2.05, 4.69) is 20.7 Å². The Balaban J connectivity index is 1.79. The normalized spacial score (nSPS) is 19.9. The van der Waals surface area contributed by atoms with Crippen LogP contribution in [0.25, 0.3) is 5.65 Å². The molecule has 140 valence electrons. The number of primary amides is 1. The molecule has 0 aliphatic carbocycles. The average molecular weight is 370 g/mol. The number of hydrogen-bond acceptors (Lipinski definition) is 6. The Labute approximate surface area is 154 Å². The first-order chi connectivity index (χ1) is 13.0. The van der Waals surface area contributed by atoms with Crippen molar-refractivity contribution in [1.29, 1.82) is 0 Å². The van der Waals surface area contributed by atoms with E-state index < -0.39 is 17.8 Å². The Kier molecular flexibility index (Phi) is 4.36. The quantitative estimate of drug-likeness (QED) is 0.597. The summed E-state index contributed by atoms with van der Waals surface area (Å²) in [5.41, 5.74) is 7.62. The molecule has 2 aromatic heterocycles. The molecule has 0 radical (unpaired) electrons. The van der Waals surface area contributed by atoms with E-state index in [-0.39, 0.29) is 12.6 Å². The fraction of sp³-hybridized carbons (Fsp3) is 0.278. The number of fused-ring (bicyclic) bond motifs is 2. The molecule has 3 heterocycles. The van der Waals surface area contributed by atoms with Crippen molar-refractivity contribution in [3.8, 4) is 5.75 Å². The smallest absolute Gasteiger partial charge is 0.259 e. The minimum atomic E-state index is -0.899. The molecule has 4 N–H and O–H groups in total. The molecule has 0 spiro atoms. The first-order valence-corrected chi connectivity index (χ1v) is 8.57. The Hall–Kier alpha value is -3.20.